The lowest BCUT2D eigenvalue weighted by molar-refractivity contribution is -0.136. The van der Waals surface area contributed by atoms with E-state index in [1.807, 2.05) is 19.1 Å². The number of hydrazone groups is 1. The van der Waals surface area contributed by atoms with Gasteiger partial charge in [0, 0.05) is 16.3 Å². The minimum absolute atomic E-state index is 0.313. The summed E-state index contributed by atoms with van der Waals surface area (Å²) >= 11 is 5.96. The first-order valence-corrected chi connectivity index (χ1v) is 8.11. The SMILES string of the molecule is C=CCOc1ccc(Cl)cc1/C=N\NC(=O)C(=O)Nc1ccc(C)cc1. The highest BCUT2D eigenvalue weighted by molar-refractivity contribution is 6.39. The molecule has 7 heteroatoms. The van der Waals surface area contributed by atoms with Crippen LogP contribution in [0.2, 0.25) is 5.02 Å². The van der Waals surface area contributed by atoms with Crippen LogP contribution in [0.15, 0.2) is 60.2 Å². The number of nitrogens with one attached hydrogen (secondary N) is 2. The van der Waals surface area contributed by atoms with Gasteiger partial charge in [-0.1, -0.05) is 42.0 Å². The first kappa shape index (κ1) is 19.2. The summed E-state index contributed by atoms with van der Waals surface area (Å²) in [6, 6.07) is 12.1. The predicted molar refractivity (Wildman–Crippen MR) is 103 cm³/mol. The van der Waals surface area contributed by atoms with E-state index in [0.717, 1.165) is 5.56 Å². The van der Waals surface area contributed by atoms with E-state index in [0.29, 0.717) is 28.6 Å². The summed E-state index contributed by atoms with van der Waals surface area (Å²) < 4.78 is 5.47. The van der Waals surface area contributed by atoms with Crippen molar-refractivity contribution < 1.29 is 14.3 Å². The van der Waals surface area contributed by atoms with E-state index in [4.69, 9.17) is 16.3 Å². The number of hydrogen-bond donors (Lipinski definition) is 2. The molecule has 0 heterocycles. The van der Waals surface area contributed by atoms with Crippen molar-refractivity contribution in [2.45, 2.75) is 6.92 Å². The van der Waals surface area contributed by atoms with Crippen molar-refractivity contribution in [3.05, 3.63) is 71.3 Å². The molecule has 0 aliphatic carbocycles. The molecule has 2 aromatic carbocycles. The van der Waals surface area contributed by atoms with Crippen molar-refractivity contribution >= 4 is 35.3 Å². The van der Waals surface area contributed by atoms with Crippen molar-refractivity contribution in [1.82, 2.24) is 5.43 Å². The minimum atomic E-state index is -0.891. The number of halogens is 1. The van der Waals surface area contributed by atoms with E-state index in [1.54, 1.807) is 36.4 Å². The normalized spacial score (nSPS) is 10.4. The molecule has 0 saturated heterocycles. The van der Waals surface area contributed by atoms with Gasteiger partial charge in [0.15, 0.2) is 0 Å². The Balaban J connectivity index is 1.97. The number of nitrogens with zero attached hydrogens (tertiary/aromatic N) is 1. The van der Waals surface area contributed by atoms with Gasteiger partial charge in [-0.3, -0.25) is 9.59 Å². The van der Waals surface area contributed by atoms with Gasteiger partial charge in [-0.25, -0.2) is 5.43 Å². The number of ether oxygens (including phenoxy) is 1. The lowest BCUT2D eigenvalue weighted by Crippen LogP contribution is -2.32. The molecular formula is C19H18ClN3O3. The Bertz CT molecular complexity index is 832. The number of carbonyl (C=O) groups excluding carboxylic acids is 2. The Hall–Kier alpha value is -3.12. The highest BCUT2D eigenvalue weighted by Crippen LogP contribution is 2.21. The lowest BCUT2D eigenvalue weighted by atomic mass is 10.2. The number of benzene rings is 2. The Morgan fingerprint density at radius 2 is 1.92 bits per heavy atom. The number of aryl methyl sites for hydroxylation is 1. The molecule has 0 saturated carbocycles. The highest BCUT2D eigenvalue weighted by atomic mass is 35.5. The van der Waals surface area contributed by atoms with Gasteiger partial charge < -0.3 is 10.1 Å². The van der Waals surface area contributed by atoms with Crippen LogP contribution in [0.5, 0.6) is 5.75 Å². The lowest BCUT2D eigenvalue weighted by Gasteiger charge is -2.07. The summed E-state index contributed by atoms with van der Waals surface area (Å²) in [7, 11) is 0. The molecule has 2 amide bonds. The van der Waals surface area contributed by atoms with Crippen molar-refractivity contribution in [2.24, 2.45) is 5.10 Å². The van der Waals surface area contributed by atoms with Crippen LogP contribution in [0.4, 0.5) is 5.69 Å². The third-order valence-corrected chi connectivity index (χ3v) is 3.45. The van der Waals surface area contributed by atoms with Gasteiger partial charge in [-0.2, -0.15) is 5.10 Å². The summed E-state index contributed by atoms with van der Waals surface area (Å²) in [6.45, 7) is 5.82. The number of hydrogen-bond acceptors (Lipinski definition) is 4. The zero-order chi connectivity index (χ0) is 18.9. The van der Waals surface area contributed by atoms with Crippen LogP contribution >= 0.6 is 11.6 Å². The third-order valence-electron chi connectivity index (χ3n) is 3.21. The zero-order valence-electron chi connectivity index (χ0n) is 14.2. The molecule has 0 aliphatic rings. The molecule has 0 radical (unpaired) electrons. The zero-order valence-corrected chi connectivity index (χ0v) is 14.9. The Morgan fingerprint density at radius 1 is 1.19 bits per heavy atom. The standard InChI is InChI=1S/C19H18ClN3O3/c1-3-10-26-17-9-6-15(20)11-14(17)12-21-23-19(25)18(24)22-16-7-4-13(2)5-8-16/h3-9,11-12H,1,10H2,2H3,(H,22,24)(H,23,25)/b21-12-. The Kier molecular flexibility index (Phi) is 6.93. The molecule has 0 aliphatic heterocycles. The molecule has 2 aromatic rings. The average molecular weight is 372 g/mol. The molecule has 6 nitrogen and oxygen atoms in total. The van der Waals surface area contributed by atoms with E-state index < -0.39 is 11.8 Å². The molecule has 2 rings (SSSR count). The second-order valence-electron chi connectivity index (χ2n) is 5.30. The van der Waals surface area contributed by atoms with E-state index in [9.17, 15) is 9.59 Å². The second-order valence-corrected chi connectivity index (χ2v) is 5.74. The summed E-state index contributed by atoms with van der Waals surface area (Å²) in [4.78, 5) is 23.7. The van der Waals surface area contributed by atoms with E-state index in [-0.39, 0.29) is 0 Å². The van der Waals surface area contributed by atoms with Gasteiger partial charge in [0.25, 0.3) is 0 Å². The average Bonchev–Trinajstić information content (AvgIpc) is 2.62. The van der Waals surface area contributed by atoms with Crippen molar-refractivity contribution in [3.63, 3.8) is 0 Å². The first-order valence-electron chi connectivity index (χ1n) is 7.74. The van der Waals surface area contributed by atoms with Crippen molar-refractivity contribution in [1.29, 1.82) is 0 Å². The molecule has 0 aromatic heterocycles. The summed E-state index contributed by atoms with van der Waals surface area (Å²) in [5.74, 6) is -1.19. The largest absolute Gasteiger partial charge is 0.489 e. The molecule has 0 atom stereocenters. The minimum Gasteiger partial charge on any atom is -0.489 e. The molecule has 0 fully saturated rings. The number of rotatable bonds is 6. The maximum absolute atomic E-state index is 11.8. The molecule has 0 spiro atoms. The van der Waals surface area contributed by atoms with Gasteiger partial charge >= 0.3 is 11.8 Å². The van der Waals surface area contributed by atoms with Gasteiger partial charge in [0.05, 0.1) is 6.21 Å². The van der Waals surface area contributed by atoms with Gasteiger partial charge in [-0.05, 0) is 37.3 Å². The van der Waals surface area contributed by atoms with E-state index >= 15 is 0 Å². The Labute approximate surface area is 156 Å². The Morgan fingerprint density at radius 3 is 2.62 bits per heavy atom. The first-order chi connectivity index (χ1) is 12.5. The van der Waals surface area contributed by atoms with Crippen LogP contribution in [-0.2, 0) is 9.59 Å². The van der Waals surface area contributed by atoms with Gasteiger partial charge in [-0.15, -0.1) is 0 Å². The van der Waals surface area contributed by atoms with E-state index in [1.165, 1.54) is 6.21 Å². The number of carbonyl (C=O) groups is 2. The maximum Gasteiger partial charge on any atom is 0.329 e. The van der Waals surface area contributed by atoms with Crippen molar-refractivity contribution in [3.8, 4) is 5.75 Å². The van der Waals surface area contributed by atoms with E-state index in [2.05, 4.69) is 22.4 Å². The monoisotopic (exact) mass is 371 g/mol. The number of anilines is 1. The van der Waals surface area contributed by atoms with Crippen LogP contribution in [0.25, 0.3) is 0 Å². The van der Waals surface area contributed by atoms with Crippen LogP contribution in [0, 0.1) is 6.92 Å². The number of amides is 2. The summed E-state index contributed by atoms with van der Waals surface area (Å²) in [5, 5.41) is 6.75. The summed E-state index contributed by atoms with van der Waals surface area (Å²) in [5.41, 5.74) is 4.29. The molecule has 0 unspecified atom stereocenters. The fraction of sp³-hybridized carbons (Fsp3) is 0.105. The smallest absolute Gasteiger partial charge is 0.329 e. The fourth-order valence-electron chi connectivity index (χ4n) is 1.94. The molecular weight excluding hydrogens is 354 g/mol. The molecule has 2 N–H and O–H groups in total. The quantitative estimate of drug-likeness (QED) is 0.354. The summed E-state index contributed by atoms with van der Waals surface area (Å²) in [6.07, 6.45) is 2.95. The van der Waals surface area contributed by atoms with Gasteiger partial charge in [0.2, 0.25) is 0 Å². The van der Waals surface area contributed by atoms with Crippen LogP contribution in [0.1, 0.15) is 11.1 Å². The van der Waals surface area contributed by atoms with Crippen LogP contribution < -0.4 is 15.5 Å². The van der Waals surface area contributed by atoms with Crippen LogP contribution in [0.3, 0.4) is 0 Å². The van der Waals surface area contributed by atoms with Gasteiger partial charge in [0.1, 0.15) is 12.4 Å². The molecule has 0 bridgehead atoms. The van der Waals surface area contributed by atoms with Crippen LogP contribution in [-0.4, -0.2) is 24.6 Å². The third kappa shape index (κ3) is 5.75. The fourth-order valence-corrected chi connectivity index (χ4v) is 2.12. The van der Waals surface area contributed by atoms with Crippen molar-refractivity contribution in [2.75, 3.05) is 11.9 Å². The topological polar surface area (TPSA) is 79.8 Å². The maximum atomic E-state index is 11.8. The second kappa shape index (κ2) is 9.39. The molecule has 134 valence electrons. The highest BCUT2D eigenvalue weighted by Gasteiger charge is 2.12. The molecule has 26 heavy (non-hydrogen) atoms. The predicted octanol–water partition coefficient (Wildman–Crippen LogP) is 3.30.